The molecule has 1 saturated heterocycles. The first-order chi connectivity index (χ1) is 8.74. The number of piperidine rings is 1. The molecule has 0 aromatic carbocycles. The van der Waals surface area contributed by atoms with Crippen LogP contribution in [0.2, 0.25) is 0 Å². The third-order valence-corrected chi connectivity index (χ3v) is 3.68. The molecule has 2 heterocycles. The Morgan fingerprint density at radius 3 is 3.00 bits per heavy atom. The number of hydrogen-bond acceptors (Lipinski definition) is 3. The fraction of sp³-hybridized carbons (Fsp3) is 0.667. The summed E-state index contributed by atoms with van der Waals surface area (Å²) >= 11 is 0. The third kappa shape index (κ3) is 4.39. The molecule has 2 rings (SSSR count). The molecule has 1 aromatic heterocycles. The molecule has 0 radical (unpaired) electrons. The lowest BCUT2D eigenvalue weighted by molar-refractivity contribution is 0.344. The summed E-state index contributed by atoms with van der Waals surface area (Å²) in [5.74, 6) is 0. The van der Waals surface area contributed by atoms with Crippen molar-refractivity contribution in [3.05, 3.63) is 29.6 Å². The summed E-state index contributed by atoms with van der Waals surface area (Å²) in [6.45, 7) is 6.41. The summed E-state index contributed by atoms with van der Waals surface area (Å²) in [5.41, 5.74) is 2.35. The second-order valence-corrected chi connectivity index (χ2v) is 5.47. The van der Waals surface area contributed by atoms with Crippen molar-refractivity contribution in [2.75, 3.05) is 6.54 Å². The minimum Gasteiger partial charge on any atom is -0.314 e. The van der Waals surface area contributed by atoms with Crippen molar-refractivity contribution >= 4 is 0 Å². The Bertz CT molecular complexity index is 341. The van der Waals surface area contributed by atoms with E-state index in [1.54, 1.807) is 0 Å². The van der Waals surface area contributed by atoms with Gasteiger partial charge in [0, 0.05) is 30.5 Å². The average Bonchev–Trinajstić information content (AvgIpc) is 2.39. The first-order valence-electron chi connectivity index (χ1n) is 7.12. The molecule has 1 aliphatic rings. The fourth-order valence-electron chi connectivity index (χ4n) is 2.53. The van der Waals surface area contributed by atoms with Gasteiger partial charge < -0.3 is 10.6 Å². The minimum atomic E-state index is 0.557. The van der Waals surface area contributed by atoms with Crippen LogP contribution in [0.3, 0.4) is 0 Å². The Hall–Kier alpha value is -0.930. The van der Waals surface area contributed by atoms with Gasteiger partial charge in [0.2, 0.25) is 0 Å². The van der Waals surface area contributed by atoms with Gasteiger partial charge in [0.05, 0.1) is 0 Å². The van der Waals surface area contributed by atoms with Crippen molar-refractivity contribution in [2.24, 2.45) is 0 Å². The summed E-state index contributed by atoms with van der Waals surface area (Å²) in [6, 6.07) is 5.49. The Labute approximate surface area is 110 Å². The van der Waals surface area contributed by atoms with Gasteiger partial charge in [0.1, 0.15) is 0 Å². The molecule has 1 aliphatic heterocycles. The maximum atomic E-state index is 4.32. The zero-order valence-electron chi connectivity index (χ0n) is 11.6. The number of nitrogens with zero attached hydrogens (tertiary/aromatic N) is 1. The van der Waals surface area contributed by atoms with Crippen LogP contribution in [0.25, 0.3) is 0 Å². The van der Waals surface area contributed by atoms with Crippen molar-refractivity contribution in [2.45, 2.75) is 58.2 Å². The van der Waals surface area contributed by atoms with Gasteiger partial charge in [-0.3, -0.25) is 4.98 Å². The van der Waals surface area contributed by atoms with Gasteiger partial charge in [-0.15, -0.1) is 0 Å². The van der Waals surface area contributed by atoms with E-state index < -0.39 is 0 Å². The van der Waals surface area contributed by atoms with E-state index in [1.165, 1.54) is 37.8 Å². The molecule has 0 aliphatic carbocycles. The maximum Gasteiger partial charge on any atom is 0.0372 e. The number of aryl methyl sites for hydroxylation is 1. The number of nitrogens with one attached hydrogen (secondary N) is 2. The highest BCUT2D eigenvalue weighted by atomic mass is 15.0. The SMILES string of the molecule is Cc1ccc(CNC(C)CC2CCCCN2)cn1. The van der Waals surface area contributed by atoms with E-state index in [4.69, 9.17) is 0 Å². The van der Waals surface area contributed by atoms with Crippen LogP contribution >= 0.6 is 0 Å². The van der Waals surface area contributed by atoms with E-state index in [-0.39, 0.29) is 0 Å². The van der Waals surface area contributed by atoms with E-state index in [2.05, 4.69) is 34.7 Å². The fourth-order valence-corrected chi connectivity index (χ4v) is 2.53. The summed E-state index contributed by atoms with van der Waals surface area (Å²) < 4.78 is 0. The molecule has 1 fully saturated rings. The van der Waals surface area contributed by atoms with Crippen LogP contribution < -0.4 is 10.6 Å². The quantitative estimate of drug-likeness (QED) is 0.839. The zero-order chi connectivity index (χ0) is 12.8. The first-order valence-corrected chi connectivity index (χ1v) is 7.12. The molecule has 18 heavy (non-hydrogen) atoms. The topological polar surface area (TPSA) is 37.0 Å². The van der Waals surface area contributed by atoms with Crippen LogP contribution in [0, 0.1) is 6.92 Å². The smallest absolute Gasteiger partial charge is 0.0372 e. The minimum absolute atomic E-state index is 0.557. The predicted molar refractivity (Wildman–Crippen MR) is 75.5 cm³/mol. The van der Waals surface area contributed by atoms with Crippen molar-refractivity contribution in [1.29, 1.82) is 0 Å². The lowest BCUT2D eigenvalue weighted by Crippen LogP contribution is -2.39. The Morgan fingerprint density at radius 1 is 1.44 bits per heavy atom. The Morgan fingerprint density at radius 2 is 2.33 bits per heavy atom. The molecule has 2 atom stereocenters. The molecular formula is C15H25N3. The highest BCUT2D eigenvalue weighted by molar-refractivity contribution is 5.12. The Kier molecular flexibility index (Phi) is 5.14. The second-order valence-electron chi connectivity index (χ2n) is 5.47. The molecule has 0 bridgehead atoms. The molecule has 3 nitrogen and oxygen atoms in total. The number of pyridine rings is 1. The van der Waals surface area contributed by atoms with Crippen LogP contribution in [-0.2, 0) is 6.54 Å². The van der Waals surface area contributed by atoms with Crippen LogP contribution in [0.15, 0.2) is 18.3 Å². The van der Waals surface area contributed by atoms with E-state index in [0.29, 0.717) is 12.1 Å². The molecule has 100 valence electrons. The second kappa shape index (κ2) is 6.86. The molecule has 1 aromatic rings. The Balaban J connectivity index is 1.70. The van der Waals surface area contributed by atoms with Crippen LogP contribution in [-0.4, -0.2) is 23.6 Å². The molecule has 2 unspecified atom stereocenters. The van der Waals surface area contributed by atoms with E-state index >= 15 is 0 Å². The van der Waals surface area contributed by atoms with Crippen molar-refractivity contribution in [3.63, 3.8) is 0 Å². The standard InChI is InChI=1S/C15H25N3/c1-12-6-7-14(10-17-12)11-18-13(2)9-15-5-3-4-8-16-15/h6-7,10,13,15-16,18H,3-5,8-9,11H2,1-2H3. The first kappa shape index (κ1) is 13.5. The lowest BCUT2D eigenvalue weighted by Gasteiger charge is -2.26. The summed E-state index contributed by atoms with van der Waals surface area (Å²) in [6.07, 6.45) is 7.24. The van der Waals surface area contributed by atoms with Gasteiger partial charge in [-0.1, -0.05) is 12.5 Å². The molecule has 0 saturated carbocycles. The zero-order valence-corrected chi connectivity index (χ0v) is 11.6. The van der Waals surface area contributed by atoms with Gasteiger partial charge >= 0.3 is 0 Å². The van der Waals surface area contributed by atoms with Crippen LogP contribution in [0.1, 0.15) is 43.9 Å². The molecular weight excluding hydrogens is 222 g/mol. The number of hydrogen-bond donors (Lipinski definition) is 2. The summed E-state index contributed by atoms with van der Waals surface area (Å²) in [5, 5.41) is 7.19. The largest absolute Gasteiger partial charge is 0.314 e. The molecule has 0 spiro atoms. The molecule has 0 amide bonds. The van der Waals surface area contributed by atoms with E-state index in [0.717, 1.165) is 12.2 Å². The van der Waals surface area contributed by atoms with Crippen LogP contribution in [0.4, 0.5) is 0 Å². The van der Waals surface area contributed by atoms with Crippen molar-refractivity contribution in [1.82, 2.24) is 15.6 Å². The summed E-state index contributed by atoms with van der Waals surface area (Å²) in [7, 11) is 0. The van der Waals surface area contributed by atoms with Crippen LogP contribution in [0.5, 0.6) is 0 Å². The van der Waals surface area contributed by atoms with Gasteiger partial charge in [0.15, 0.2) is 0 Å². The monoisotopic (exact) mass is 247 g/mol. The number of aromatic nitrogens is 1. The van der Waals surface area contributed by atoms with Gasteiger partial charge in [0.25, 0.3) is 0 Å². The summed E-state index contributed by atoms with van der Waals surface area (Å²) in [4.78, 5) is 4.32. The highest BCUT2D eigenvalue weighted by Gasteiger charge is 2.15. The van der Waals surface area contributed by atoms with Crippen molar-refractivity contribution in [3.8, 4) is 0 Å². The molecule has 3 heteroatoms. The maximum absolute atomic E-state index is 4.32. The predicted octanol–water partition coefficient (Wildman–Crippen LogP) is 2.40. The van der Waals surface area contributed by atoms with E-state index in [9.17, 15) is 0 Å². The van der Waals surface area contributed by atoms with Gasteiger partial charge in [-0.2, -0.15) is 0 Å². The number of rotatable bonds is 5. The third-order valence-electron chi connectivity index (χ3n) is 3.68. The van der Waals surface area contributed by atoms with Crippen molar-refractivity contribution < 1.29 is 0 Å². The average molecular weight is 247 g/mol. The molecule has 2 N–H and O–H groups in total. The van der Waals surface area contributed by atoms with E-state index in [1.807, 2.05) is 13.1 Å². The normalized spacial score (nSPS) is 21.8. The highest BCUT2D eigenvalue weighted by Crippen LogP contribution is 2.12. The van der Waals surface area contributed by atoms with Gasteiger partial charge in [-0.25, -0.2) is 0 Å². The lowest BCUT2D eigenvalue weighted by atomic mass is 9.99. The van der Waals surface area contributed by atoms with Gasteiger partial charge in [-0.05, 0) is 51.3 Å².